The Hall–Kier alpha value is -0.920. The van der Waals surface area contributed by atoms with Crippen LogP contribution in [0.3, 0.4) is 0 Å². The van der Waals surface area contributed by atoms with E-state index in [0.29, 0.717) is 25.7 Å². The lowest BCUT2D eigenvalue weighted by Gasteiger charge is -2.63. The zero-order valence-electron chi connectivity index (χ0n) is 27.2. The smallest absolute Gasteiger partial charge is 0.187 e. The van der Waals surface area contributed by atoms with E-state index in [2.05, 4.69) is 32.9 Å². The average molecular weight is 625 g/mol. The van der Waals surface area contributed by atoms with Gasteiger partial charge in [0.2, 0.25) is 0 Å². The van der Waals surface area contributed by atoms with Crippen molar-refractivity contribution in [2.75, 3.05) is 27.4 Å². The van der Waals surface area contributed by atoms with E-state index in [9.17, 15) is 30.6 Å². The highest BCUT2D eigenvalue weighted by molar-refractivity contribution is 5.33. The van der Waals surface area contributed by atoms with Crippen molar-refractivity contribution in [3.63, 3.8) is 0 Å². The van der Waals surface area contributed by atoms with E-state index in [1.807, 2.05) is 13.0 Å². The van der Waals surface area contributed by atoms with Crippen molar-refractivity contribution in [1.29, 1.82) is 0 Å². The van der Waals surface area contributed by atoms with E-state index in [0.717, 1.165) is 12.0 Å². The molecule has 1 heterocycles. The number of hydrogen-bond acceptors (Lipinski definition) is 10. The maximum atomic E-state index is 12.6. The van der Waals surface area contributed by atoms with Crippen LogP contribution in [-0.4, -0.2) is 113 Å². The van der Waals surface area contributed by atoms with Crippen LogP contribution in [0, 0.1) is 40.4 Å². The Kier molecular flexibility index (Phi) is 10.1. The van der Waals surface area contributed by atoms with Crippen molar-refractivity contribution in [2.24, 2.45) is 40.4 Å². The third kappa shape index (κ3) is 5.55. The first-order chi connectivity index (χ1) is 20.8. The molecule has 0 aromatic carbocycles. The van der Waals surface area contributed by atoms with Gasteiger partial charge in [-0.3, -0.25) is 0 Å². The molecule has 0 aromatic heterocycles. The summed E-state index contributed by atoms with van der Waals surface area (Å²) in [6.45, 7) is 8.50. The number of fused-ring (bicyclic) bond motifs is 5. The SMILES string of the molecule is CO[C@@H]1[C@@H](OC)[C@H](O[C@@H]2C=C3[C@H](O)C[C@@]4(O)[C@@H]5[C@@H](O)[C@H](O)[C@H]([C@H](C)/C=C\C(C)CCO)[C@@]5(C)CC[C@@H]4[C@@]3(C)CC2)OC[C@H]1O. The zero-order valence-corrected chi connectivity index (χ0v) is 27.2. The van der Waals surface area contributed by atoms with Gasteiger partial charge in [-0.15, -0.1) is 0 Å². The van der Waals surface area contributed by atoms with Crippen LogP contribution in [0.25, 0.3) is 0 Å². The van der Waals surface area contributed by atoms with E-state index in [-0.39, 0.29) is 49.4 Å². The molecule has 10 heteroatoms. The summed E-state index contributed by atoms with van der Waals surface area (Å²) >= 11 is 0. The van der Waals surface area contributed by atoms with Crippen molar-refractivity contribution in [3.8, 4) is 0 Å². The van der Waals surface area contributed by atoms with E-state index < -0.39 is 65.3 Å². The van der Waals surface area contributed by atoms with Gasteiger partial charge < -0.3 is 49.6 Å². The third-order valence-electron chi connectivity index (χ3n) is 12.4. The summed E-state index contributed by atoms with van der Waals surface area (Å²) in [4.78, 5) is 0. The van der Waals surface area contributed by atoms with Crippen molar-refractivity contribution < 1.29 is 49.6 Å². The predicted octanol–water partition coefficient (Wildman–Crippen LogP) is 1.94. The second-order valence-electron chi connectivity index (χ2n) is 14.9. The number of allylic oxidation sites excluding steroid dienone is 2. The molecule has 0 aromatic rings. The molecule has 1 saturated heterocycles. The highest BCUT2D eigenvalue weighted by Gasteiger charge is 2.72. The Bertz CT molecular complexity index is 1070. The highest BCUT2D eigenvalue weighted by atomic mass is 16.7. The number of aliphatic hydroxyl groups excluding tert-OH is 5. The van der Waals surface area contributed by atoms with Crippen LogP contribution in [0.15, 0.2) is 23.8 Å². The van der Waals surface area contributed by atoms with E-state index in [1.54, 1.807) is 0 Å². The minimum absolute atomic E-state index is 0.0418. The van der Waals surface area contributed by atoms with Gasteiger partial charge in [0.1, 0.15) is 18.3 Å². The van der Waals surface area contributed by atoms with Crippen LogP contribution in [0.2, 0.25) is 0 Å². The molecule has 10 nitrogen and oxygen atoms in total. The third-order valence-corrected chi connectivity index (χ3v) is 12.4. The fraction of sp³-hybridized carbons (Fsp3) is 0.882. The lowest BCUT2D eigenvalue weighted by molar-refractivity contribution is -0.289. The number of methoxy groups -OCH3 is 2. The fourth-order valence-electron chi connectivity index (χ4n) is 10.4. The van der Waals surface area contributed by atoms with Gasteiger partial charge in [-0.25, -0.2) is 0 Å². The molecule has 5 rings (SSSR count). The van der Waals surface area contributed by atoms with Crippen LogP contribution in [0.1, 0.15) is 66.2 Å². The molecule has 4 fully saturated rings. The molecule has 1 aliphatic heterocycles. The van der Waals surface area contributed by atoms with Gasteiger partial charge in [-0.05, 0) is 72.2 Å². The lowest BCUT2D eigenvalue weighted by atomic mass is 9.43. The fourth-order valence-corrected chi connectivity index (χ4v) is 10.4. The predicted molar refractivity (Wildman–Crippen MR) is 162 cm³/mol. The highest BCUT2D eigenvalue weighted by Crippen LogP contribution is 2.69. The quantitative estimate of drug-likeness (QED) is 0.210. The van der Waals surface area contributed by atoms with Crippen LogP contribution < -0.4 is 0 Å². The molecule has 16 atom stereocenters. The van der Waals surface area contributed by atoms with Crippen molar-refractivity contribution in [3.05, 3.63) is 23.8 Å². The second-order valence-corrected chi connectivity index (χ2v) is 14.9. The summed E-state index contributed by atoms with van der Waals surface area (Å²) in [5.41, 5.74) is -1.55. The van der Waals surface area contributed by atoms with E-state index in [1.165, 1.54) is 14.2 Å². The number of aliphatic hydroxyl groups is 6. The summed E-state index contributed by atoms with van der Waals surface area (Å²) in [5.74, 6) is -0.887. The molecule has 4 aliphatic carbocycles. The average Bonchev–Trinajstić information content (AvgIpc) is 3.18. The minimum atomic E-state index is -1.36. The molecule has 0 spiro atoms. The Balaban J connectivity index is 1.39. The van der Waals surface area contributed by atoms with Gasteiger partial charge in [-0.2, -0.15) is 0 Å². The maximum Gasteiger partial charge on any atom is 0.187 e. The van der Waals surface area contributed by atoms with Crippen molar-refractivity contribution in [1.82, 2.24) is 0 Å². The van der Waals surface area contributed by atoms with Crippen molar-refractivity contribution in [2.45, 2.75) is 121 Å². The van der Waals surface area contributed by atoms with E-state index >= 15 is 0 Å². The van der Waals surface area contributed by atoms with Gasteiger partial charge in [0, 0.05) is 33.2 Å². The first-order valence-corrected chi connectivity index (χ1v) is 16.6. The molecule has 44 heavy (non-hydrogen) atoms. The Morgan fingerprint density at radius 1 is 1.00 bits per heavy atom. The van der Waals surface area contributed by atoms with Crippen LogP contribution >= 0.6 is 0 Å². The minimum Gasteiger partial charge on any atom is -0.396 e. The first-order valence-electron chi connectivity index (χ1n) is 16.6. The molecular weight excluding hydrogens is 568 g/mol. The molecular formula is C34H56O10. The Morgan fingerprint density at radius 2 is 1.70 bits per heavy atom. The number of ether oxygens (including phenoxy) is 4. The molecule has 0 amide bonds. The summed E-state index contributed by atoms with van der Waals surface area (Å²) in [6.07, 6.45) is 3.48. The molecule has 5 aliphatic rings. The Labute approximate surface area is 262 Å². The zero-order chi connectivity index (χ0) is 32.2. The lowest BCUT2D eigenvalue weighted by Crippen LogP contribution is -2.66. The summed E-state index contributed by atoms with van der Waals surface area (Å²) < 4.78 is 23.2. The summed E-state index contributed by atoms with van der Waals surface area (Å²) in [7, 11) is 3.05. The molecule has 0 bridgehead atoms. The largest absolute Gasteiger partial charge is 0.396 e. The van der Waals surface area contributed by atoms with Gasteiger partial charge in [0.25, 0.3) is 0 Å². The molecule has 0 radical (unpaired) electrons. The molecule has 1 unspecified atom stereocenters. The maximum absolute atomic E-state index is 12.6. The van der Waals surface area contributed by atoms with Crippen LogP contribution in [-0.2, 0) is 18.9 Å². The molecule has 252 valence electrons. The second kappa shape index (κ2) is 12.9. The standard InChI is InChI=1S/C34H56O10/c1-18(11-14-35)7-8-19(2)25-26(38)27(39)30-33(25,4)13-10-24-32(3)12-9-20(15-21(32)22(36)16-34(24,30)40)44-31-29(42-6)28(41-5)23(37)17-43-31/h7-8,15,18-20,22-31,35-40H,9-14,16-17H2,1-6H3/b8-7-/t18?,19-,20+,22-,23-,24-,25+,26-,27+,28+,29-,30-,31+,32+,33-,34+/m1/s1. The monoisotopic (exact) mass is 624 g/mol. The van der Waals surface area contributed by atoms with Gasteiger partial charge in [-0.1, -0.05) is 45.9 Å². The normalized spacial score (nSPS) is 50.5. The number of rotatable bonds is 9. The number of hydrogen-bond donors (Lipinski definition) is 6. The van der Waals surface area contributed by atoms with Gasteiger partial charge in [0.05, 0.1) is 36.6 Å². The van der Waals surface area contributed by atoms with Crippen LogP contribution in [0.4, 0.5) is 0 Å². The molecule has 6 N–H and O–H groups in total. The molecule has 3 saturated carbocycles. The van der Waals surface area contributed by atoms with Gasteiger partial charge >= 0.3 is 0 Å². The van der Waals surface area contributed by atoms with E-state index in [4.69, 9.17) is 18.9 Å². The summed E-state index contributed by atoms with van der Waals surface area (Å²) in [6, 6.07) is 0. The van der Waals surface area contributed by atoms with Crippen LogP contribution in [0.5, 0.6) is 0 Å². The topological polar surface area (TPSA) is 158 Å². The van der Waals surface area contributed by atoms with Gasteiger partial charge in [0.15, 0.2) is 6.29 Å². The first kappa shape index (κ1) is 34.4. The summed E-state index contributed by atoms with van der Waals surface area (Å²) in [5, 5.41) is 67.0. The Morgan fingerprint density at radius 3 is 2.36 bits per heavy atom. The van der Waals surface area contributed by atoms with Crippen molar-refractivity contribution >= 4 is 0 Å².